The number of ether oxygens (including phenoxy) is 1. The van der Waals surface area contributed by atoms with E-state index in [0.29, 0.717) is 36.0 Å². The number of hydrogen-bond acceptors (Lipinski definition) is 3. The normalized spacial score (nSPS) is 17.7. The van der Waals surface area contributed by atoms with Gasteiger partial charge in [-0.3, -0.25) is 0 Å². The summed E-state index contributed by atoms with van der Waals surface area (Å²) in [6.07, 6.45) is 1.69. The fourth-order valence-corrected chi connectivity index (χ4v) is 2.99. The first kappa shape index (κ1) is 18.1. The number of halogens is 2. The highest BCUT2D eigenvalue weighted by Crippen LogP contribution is 2.36. The minimum atomic E-state index is -0.632. The van der Waals surface area contributed by atoms with Gasteiger partial charge in [0.25, 0.3) is 0 Å². The van der Waals surface area contributed by atoms with Gasteiger partial charge in [-0.15, -0.1) is 0 Å². The number of carbonyl (C=O) groups is 2. The summed E-state index contributed by atoms with van der Waals surface area (Å²) in [6, 6.07) is 5.26. The van der Waals surface area contributed by atoms with Crippen LogP contribution >= 0.6 is 23.2 Å². The number of amides is 1. The van der Waals surface area contributed by atoms with Crippen LogP contribution in [0.4, 0.5) is 4.79 Å². The van der Waals surface area contributed by atoms with E-state index in [1.807, 2.05) is 26.8 Å². The van der Waals surface area contributed by atoms with Gasteiger partial charge in [0.15, 0.2) is 0 Å². The molecule has 0 radical (unpaired) electrons. The maximum Gasteiger partial charge on any atom is 0.410 e. The van der Waals surface area contributed by atoms with E-state index in [1.54, 1.807) is 17.0 Å². The summed E-state index contributed by atoms with van der Waals surface area (Å²) in [4.78, 5) is 25.5. The van der Waals surface area contributed by atoms with Gasteiger partial charge in [0.2, 0.25) is 0 Å². The van der Waals surface area contributed by atoms with Crippen LogP contribution in [-0.4, -0.2) is 36.0 Å². The van der Waals surface area contributed by atoms with Gasteiger partial charge in [0.1, 0.15) is 11.9 Å². The zero-order chi connectivity index (χ0) is 17.3. The second-order valence-electron chi connectivity index (χ2n) is 6.87. The second-order valence-corrected chi connectivity index (χ2v) is 7.68. The van der Waals surface area contributed by atoms with Gasteiger partial charge in [-0.25, -0.2) is 4.79 Å². The molecule has 0 unspecified atom stereocenters. The Morgan fingerprint density at radius 1 is 1.22 bits per heavy atom. The lowest BCUT2D eigenvalue weighted by Gasteiger charge is -2.39. The Bertz CT molecular complexity index is 602. The molecule has 0 saturated carbocycles. The molecule has 0 atom stereocenters. The average molecular weight is 358 g/mol. The van der Waals surface area contributed by atoms with Crippen molar-refractivity contribution in [3.8, 4) is 0 Å². The summed E-state index contributed by atoms with van der Waals surface area (Å²) in [5.41, 5.74) is -0.321. The SMILES string of the molecule is CC(C)(C)OC(=O)N1CCC(C=O)(c2ccc(Cl)c(Cl)c2)CC1. The van der Waals surface area contributed by atoms with E-state index in [2.05, 4.69) is 0 Å². The van der Waals surface area contributed by atoms with Gasteiger partial charge >= 0.3 is 6.09 Å². The van der Waals surface area contributed by atoms with Crippen LogP contribution in [0, 0.1) is 0 Å². The Kier molecular flexibility index (Phi) is 5.27. The predicted octanol–water partition coefficient (Wildman–Crippen LogP) is 4.46. The van der Waals surface area contributed by atoms with Crippen LogP contribution in [0.15, 0.2) is 18.2 Å². The van der Waals surface area contributed by atoms with Gasteiger partial charge in [-0.05, 0) is 51.3 Å². The molecule has 1 fully saturated rings. The number of piperidine rings is 1. The molecule has 0 bridgehead atoms. The second kappa shape index (κ2) is 6.70. The lowest BCUT2D eigenvalue weighted by Crippen LogP contribution is -2.47. The topological polar surface area (TPSA) is 46.6 Å². The highest BCUT2D eigenvalue weighted by Gasteiger charge is 2.38. The molecule has 2 rings (SSSR count). The largest absolute Gasteiger partial charge is 0.444 e. The smallest absolute Gasteiger partial charge is 0.410 e. The molecule has 1 aromatic carbocycles. The summed E-state index contributed by atoms with van der Waals surface area (Å²) in [5, 5.41) is 0.891. The van der Waals surface area contributed by atoms with Gasteiger partial charge < -0.3 is 14.4 Å². The molecule has 23 heavy (non-hydrogen) atoms. The van der Waals surface area contributed by atoms with Crippen molar-refractivity contribution in [2.75, 3.05) is 13.1 Å². The summed E-state index contributed by atoms with van der Waals surface area (Å²) >= 11 is 12.0. The van der Waals surface area contributed by atoms with Crippen molar-refractivity contribution in [3.63, 3.8) is 0 Å². The summed E-state index contributed by atoms with van der Waals surface area (Å²) < 4.78 is 5.38. The number of rotatable bonds is 2. The number of benzene rings is 1. The van der Waals surface area contributed by atoms with Crippen molar-refractivity contribution in [2.24, 2.45) is 0 Å². The molecule has 126 valence electrons. The Morgan fingerprint density at radius 3 is 2.30 bits per heavy atom. The van der Waals surface area contributed by atoms with E-state index < -0.39 is 11.0 Å². The third-order valence-corrected chi connectivity index (χ3v) is 4.77. The fraction of sp³-hybridized carbons (Fsp3) is 0.529. The van der Waals surface area contributed by atoms with E-state index in [0.717, 1.165) is 11.8 Å². The van der Waals surface area contributed by atoms with Crippen molar-refractivity contribution in [3.05, 3.63) is 33.8 Å². The third-order valence-electron chi connectivity index (χ3n) is 4.03. The van der Waals surface area contributed by atoms with Crippen LogP contribution < -0.4 is 0 Å². The average Bonchev–Trinajstić information content (AvgIpc) is 2.48. The number of likely N-dealkylation sites (tertiary alicyclic amines) is 1. The molecular formula is C17H21Cl2NO3. The molecule has 0 aromatic heterocycles. The number of carbonyl (C=O) groups excluding carboxylic acids is 2. The van der Waals surface area contributed by atoms with E-state index in [4.69, 9.17) is 27.9 Å². The molecule has 0 spiro atoms. The minimum Gasteiger partial charge on any atom is -0.444 e. The maximum absolute atomic E-state index is 12.1. The molecule has 6 heteroatoms. The van der Waals surface area contributed by atoms with Crippen molar-refractivity contribution in [1.82, 2.24) is 4.90 Å². The zero-order valence-electron chi connectivity index (χ0n) is 13.6. The zero-order valence-corrected chi connectivity index (χ0v) is 15.1. The van der Waals surface area contributed by atoms with E-state index in [1.165, 1.54) is 0 Å². The molecular weight excluding hydrogens is 337 g/mol. The first-order valence-electron chi connectivity index (χ1n) is 7.57. The van der Waals surface area contributed by atoms with Crippen LogP contribution in [0.1, 0.15) is 39.2 Å². The number of hydrogen-bond donors (Lipinski definition) is 0. The van der Waals surface area contributed by atoms with Crippen molar-refractivity contribution in [2.45, 2.75) is 44.6 Å². The minimum absolute atomic E-state index is 0.342. The summed E-state index contributed by atoms with van der Waals surface area (Å²) in [5.74, 6) is 0. The highest BCUT2D eigenvalue weighted by atomic mass is 35.5. The van der Waals surface area contributed by atoms with E-state index in [-0.39, 0.29) is 6.09 Å². The van der Waals surface area contributed by atoms with Gasteiger partial charge in [0.05, 0.1) is 15.5 Å². The van der Waals surface area contributed by atoms with Gasteiger partial charge in [0, 0.05) is 13.1 Å². The Morgan fingerprint density at radius 2 is 1.83 bits per heavy atom. The van der Waals surface area contributed by atoms with Crippen LogP contribution in [0.25, 0.3) is 0 Å². The van der Waals surface area contributed by atoms with Crippen LogP contribution in [-0.2, 0) is 14.9 Å². The predicted molar refractivity (Wildman–Crippen MR) is 91.2 cm³/mol. The first-order chi connectivity index (χ1) is 10.7. The Labute approximate surface area is 146 Å². The van der Waals surface area contributed by atoms with Crippen molar-refractivity contribution in [1.29, 1.82) is 0 Å². The van der Waals surface area contributed by atoms with E-state index in [9.17, 15) is 9.59 Å². The standard InChI is InChI=1S/C17H21Cl2NO3/c1-16(2,3)23-15(22)20-8-6-17(11-21,7-9-20)12-4-5-13(18)14(19)10-12/h4-5,10-11H,6-9H2,1-3H3. The maximum atomic E-state index is 12.1. The van der Waals surface area contributed by atoms with Crippen LogP contribution in [0.2, 0.25) is 10.0 Å². The third kappa shape index (κ3) is 4.18. The highest BCUT2D eigenvalue weighted by molar-refractivity contribution is 6.42. The lowest BCUT2D eigenvalue weighted by atomic mass is 9.74. The van der Waals surface area contributed by atoms with Crippen molar-refractivity contribution < 1.29 is 14.3 Å². The Hall–Kier alpha value is -1.26. The molecule has 1 aliphatic heterocycles. The monoisotopic (exact) mass is 357 g/mol. The fourth-order valence-electron chi connectivity index (χ4n) is 2.70. The molecule has 4 nitrogen and oxygen atoms in total. The molecule has 1 amide bonds. The van der Waals surface area contributed by atoms with Crippen LogP contribution in [0.5, 0.6) is 0 Å². The summed E-state index contributed by atoms with van der Waals surface area (Å²) in [6.45, 7) is 6.43. The molecule has 0 N–H and O–H groups in total. The van der Waals surface area contributed by atoms with E-state index >= 15 is 0 Å². The number of nitrogens with zero attached hydrogens (tertiary/aromatic N) is 1. The molecule has 1 aliphatic rings. The quantitative estimate of drug-likeness (QED) is 0.734. The van der Waals surface area contributed by atoms with Gasteiger partial charge in [-0.1, -0.05) is 29.3 Å². The summed E-state index contributed by atoms with van der Waals surface area (Å²) in [7, 11) is 0. The molecule has 1 heterocycles. The lowest BCUT2D eigenvalue weighted by molar-refractivity contribution is -0.114. The molecule has 1 saturated heterocycles. The van der Waals surface area contributed by atoms with Crippen molar-refractivity contribution >= 4 is 35.6 Å². The molecule has 1 aromatic rings. The molecule has 0 aliphatic carbocycles. The first-order valence-corrected chi connectivity index (χ1v) is 8.32. The van der Waals surface area contributed by atoms with Crippen LogP contribution in [0.3, 0.4) is 0 Å². The van der Waals surface area contributed by atoms with Gasteiger partial charge in [-0.2, -0.15) is 0 Å². The Balaban J connectivity index is 2.12. The number of aldehydes is 1.